The third-order valence-corrected chi connectivity index (χ3v) is 2.29. The van der Waals surface area contributed by atoms with Crippen molar-refractivity contribution in [2.75, 3.05) is 11.9 Å². The van der Waals surface area contributed by atoms with E-state index in [1.807, 2.05) is 0 Å². The van der Waals surface area contributed by atoms with Crippen molar-refractivity contribution < 1.29 is 14.3 Å². The van der Waals surface area contributed by atoms with Crippen LogP contribution >= 0.6 is 12.4 Å². The molecule has 0 saturated heterocycles. The number of esters is 1. The summed E-state index contributed by atoms with van der Waals surface area (Å²) in [5, 5.41) is 2.67. The number of anilines is 1. The molecular formula is C14H19ClN2O3. The minimum Gasteiger partial charge on any atom is -0.463 e. The van der Waals surface area contributed by atoms with Crippen LogP contribution in [0.25, 0.3) is 6.08 Å². The minimum absolute atomic E-state index is 0. The summed E-state index contributed by atoms with van der Waals surface area (Å²) in [7, 11) is 0. The number of nitrogens with two attached hydrogens (primary N) is 1. The highest BCUT2D eigenvalue weighted by molar-refractivity contribution is 5.94. The maximum Gasteiger partial charge on any atom is 0.330 e. The van der Waals surface area contributed by atoms with E-state index in [0.717, 1.165) is 5.56 Å². The van der Waals surface area contributed by atoms with Crippen molar-refractivity contribution in [3.8, 4) is 0 Å². The fourth-order valence-electron chi connectivity index (χ4n) is 1.29. The summed E-state index contributed by atoms with van der Waals surface area (Å²) in [5.74, 6) is -0.619. The first-order valence-electron chi connectivity index (χ1n) is 6.04. The van der Waals surface area contributed by atoms with Gasteiger partial charge < -0.3 is 15.8 Å². The topological polar surface area (TPSA) is 81.4 Å². The summed E-state index contributed by atoms with van der Waals surface area (Å²) >= 11 is 0. The van der Waals surface area contributed by atoms with Crippen molar-refractivity contribution >= 4 is 36.0 Å². The molecule has 0 aliphatic rings. The van der Waals surface area contributed by atoms with Crippen LogP contribution in [-0.2, 0) is 14.3 Å². The number of nitrogens with one attached hydrogen (secondary N) is 1. The molecule has 1 aromatic rings. The molecule has 6 heteroatoms. The molecule has 0 bridgehead atoms. The van der Waals surface area contributed by atoms with Gasteiger partial charge in [0.15, 0.2) is 0 Å². The zero-order chi connectivity index (χ0) is 14.3. The number of hydrogen-bond donors (Lipinski definition) is 2. The Hall–Kier alpha value is -1.85. The van der Waals surface area contributed by atoms with E-state index in [2.05, 4.69) is 5.32 Å². The van der Waals surface area contributed by atoms with E-state index in [0.29, 0.717) is 12.3 Å². The van der Waals surface area contributed by atoms with Gasteiger partial charge in [-0.05, 0) is 37.6 Å². The van der Waals surface area contributed by atoms with Gasteiger partial charge in [-0.25, -0.2) is 4.79 Å². The monoisotopic (exact) mass is 298 g/mol. The fraction of sp³-hybridized carbons (Fsp3) is 0.286. The molecule has 5 nitrogen and oxygen atoms in total. The van der Waals surface area contributed by atoms with Crippen LogP contribution in [0.4, 0.5) is 5.69 Å². The highest BCUT2D eigenvalue weighted by atomic mass is 35.5. The van der Waals surface area contributed by atoms with Crippen molar-refractivity contribution in [3.05, 3.63) is 35.9 Å². The number of ether oxygens (including phenoxy) is 1. The van der Waals surface area contributed by atoms with Crippen molar-refractivity contribution in [3.63, 3.8) is 0 Å². The molecule has 1 rings (SSSR count). The number of rotatable bonds is 5. The molecule has 0 aromatic heterocycles. The first-order chi connectivity index (χ1) is 9.02. The minimum atomic E-state index is -0.552. The number of benzene rings is 1. The van der Waals surface area contributed by atoms with E-state index in [1.54, 1.807) is 44.2 Å². The second kappa shape index (κ2) is 9.12. The zero-order valence-corrected chi connectivity index (χ0v) is 12.3. The largest absolute Gasteiger partial charge is 0.463 e. The Morgan fingerprint density at radius 3 is 2.45 bits per heavy atom. The Balaban J connectivity index is 0.00000361. The lowest BCUT2D eigenvalue weighted by atomic mass is 10.2. The van der Waals surface area contributed by atoms with Gasteiger partial charge in [0.2, 0.25) is 5.91 Å². The number of carbonyl (C=O) groups is 2. The van der Waals surface area contributed by atoms with E-state index >= 15 is 0 Å². The van der Waals surface area contributed by atoms with Gasteiger partial charge in [0.1, 0.15) is 0 Å². The Labute approximate surface area is 124 Å². The number of amides is 1. The lowest BCUT2D eigenvalue weighted by molar-refractivity contribution is -0.137. The lowest BCUT2D eigenvalue weighted by Gasteiger charge is -2.07. The highest BCUT2D eigenvalue weighted by Gasteiger charge is 2.06. The molecule has 0 heterocycles. The third-order valence-electron chi connectivity index (χ3n) is 2.29. The third kappa shape index (κ3) is 6.36. The molecule has 3 N–H and O–H groups in total. The molecule has 1 atom stereocenters. The van der Waals surface area contributed by atoms with E-state index in [4.69, 9.17) is 10.5 Å². The summed E-state index contributed by atoms with van der Waals surface area (Å²) < 4.78 is 4.77. The van der Waals surface area contributed by atoms with Gasteiger partial charge in [-0.3, -0.25) is 4.79 Å². The summed E-state index contributed by atoms with van der Waals surface area (Å²) in [6.07, 6.45) is 3.01. The molecule has 0 aliphatic heterocycles. The molecular weight excluding hydrogens is 280 g/mol. The van der Waals surface area contributed by atoms with Crippen LogP contribution in [0, 0.1) is 0 Å². The van der Waals surface area contributed by atoms with Gasteiger partial charge in [0.05, 0.1) is 12.6 Å². The van der Waals surface area contributed by atoms with Gasteiger partial charge >= 0.3 is 5.97 Å². The van der Waals surface area contributed by atoms with E-state index in [-0.39, 0.29) is 24.3 Å². The van der Waals surface area contributed by atoms with Gasteiger partial charge in [0, 0.05) is 11.8 Å². The van der Waals surface area contributed by atoms with Gasteiger partial charge in [-0.15, -0.1) is 12.4 Å². The maximum atomic E-state index is 11.4. The van der Waals surface area contributed by atoms with Crippen LogP contribution in [0.5, 0.6) is 0 Å². The number of carbonyl (C=O) groups excluding carboxylic acids is 2. The van der Waals surface area contributed by atoms with Crippen LogP contribution in [-0.4, -0.2) is 24.5 Å². The van der Waals surface area contributed by atoms with E-state index in [9.17, 15) is 9.59 Å². The molecule has 1 amide bonds. The Kier molecular flexibility index (Phi) is 8.27. The summed E-state index contributed by atoms with van der Waals surface area (Å²) in [5.41, 5.74) is 6.95. The molecule has 0 fully saturated rings. The summed E-state index contributed by atoms with van der Waals surface area (Å²) in [6, 6.07) is 6.50. The predicted octanol–water partition coefficient (Wildman–Crippen LogP) is 1.97. The molecule has 110 valence electrons. The number of halogens is 1. The predicted molar refractivity (Wildman–Crippen MR) is 81.6 cm³/mol. The van der Waals surface area contributed by atoms with Gasteiger partial charge in [0.25, 0.3) is 0 Å². The molecule has 0 saturated carbocycles. The van der Waals surface area contributed by atoms with Crippen LogP contribution < -0.4 is 11.1 Å². The smallest absolute Gasteiger partial charge is 0.330 e. The standard InChI is InChI=1S/C14H18N2O3.ClH/c1-3-19-13(17)9-6-11-4-7-12(8-5-11)16-14(18)10(2)15;/h4-10H,3,15H2,1-2H3,(H,16,18);1H/t10-;/m1./s1. The Morgan fingerprint density at radius 2 is 1.95 bits per heavy atom. The second-order valence-corrected chi connectivity index (χ2v) is 3.99. The molecule has 1 aromatic carbocycles. The molecule has 0 spiro atoms. The van der Waals surface area contributed by atoms with E-state index < -0.39 is 6.04 Å². The van der Waals surface area contributed by atoms with Crippen molar-refractivity contribution in [2.45, 2.75) is 19.9 Å². The lowest BCUT2D eigenvalue weighted by Crippen LogP contribution is -2.32. The quantitative estimate of drug-likeness (QED) is 0.643. The summed E-state index contributed by atoms with van der Waals surface area (Å²) in [6.45, 7) is 3.72. The van der Waals surface area contributed by atoms with Crippen molar-refractivity contribution in [2.24, 2.45) is 5.73 Å². The molecule has 0 aliphatic carbocycles. The first kappa shape index (κ1) is 18.1. The molecule has 20 heavy (non-hydrogen) atoms. The molecule has 0 unspecified atom stereocenters. The average molecular weight is 299 g/mol. The SMILES string of the molecule is CCOC(=O)C=Cc1ccc(NC(=O)[C@@H](C)N)cc1.Cl. The first-order valence-corrected chi connectivity index (χ1v) is 6.04. The van der Waals surface area contributed by atoms with Gasteiger partial charge in [-0.2, -0.15) is 0 Å². The molecule has 0 radical (unpaired) electrons. The zero-order valence-electron chi connectivity index (χ0n) is 11.5. The average Bonchev–Trinajstić information content (AvgIpc) is 2.38. The van der Waals surface area contributed by atoms with Crippen LogP contribution in [0.1, 0.15) is 19.4 Å². The van der Waals surface area contributed by atoms with Gasteiger partial charge in [-0.1, -0.05) is 12.1 Å². The van der Waals surface area contributed by atoms with Crippen LogP contribution in [0.2, 0.25) is 0 Å². The highest BCUT2D eigenvalue weighted by Crippen LogP contribution is 2.11. The Morgan fingerprint density at radius 1 is 1.35 bits per heavy atom. The Bertz CT molecular complexity index is 470. The number of hydrogen-bond acceptors (Lipinski definition) is 4. The fourth-order valence-corrected chi connectivity index (χ4v) is 1.29. The van der Waals surface area contributed by atoms with Crippen molar-refractivity contribution in [1.29, 1.82) is 0 Å². The van der Waals surface area contributed by atoms with E-state index in [1.165, 1.54) is 6.08 Å². The maximum absolute atomic E-state index is 11.4. The van der Waals surface area contributed by atoms with Crippen molar-refractivity contribution in [1.82, 2.24) is 0 Å². The normalized spacial score (nSPS) is 11.6. The summed E-state index contributed by atoms with van der Waals surface area (Å²) in [4.78, 5) is 22.5. The van der Waals surface area contributed by atoms with Crippen LogP contribution in [0.15, 0.2) is 30.3 Å². The second-order valence-electron chi connectivity index (χ2n) is 3.99. The van der Waals surface area contributed by atoms with Crippen LogP contribution in [0.3, 0.4) is 0 Å².